The first-order valence-corrected chi connectivity index (χ1v) is 18.5. The van der Waals surface area contributed by atoms with Gasteiger partial charge in [-0.3, -0.25) is 14.4 Å². The Hall–Kier alpha value is -4.04. The summed E-state index contributed by atoms with van der Waals surface area (Å²) in [4.78, 5) is 18.3. The van der Waals surface area contributed by atoms with Crippen LogP contribution in [0.25, 0.3) is 0 Å². The van der Waals surface area contributed by atoms with E-state index < -0.39 is 16.1 Å². The van der Waals surface area contributed by atoms with Gasteiger partial charge in [0.25, 0.3) is 15.9 Å². The number of ether oxygens (including phenoxy) is 5. The molecule has 272 valence electrons. The molecule has 0 radical (unpaired) electrons. The van der Waals surface area contributed by atoms with Gasteiger partial charge < -0.3 is 33.7 Å². The van der Waals surface area contributed by atoms with Crippen LogP contribution in [0.3, 0.4) is 0 Å². The zero-order valence-corrected chi connectivity index (χ0v) is 30.3. The lowest BCUT2D eigenvalue weighted by molar-refractivity contribution is -0.0177. The van der Waals surface area contributed by atoms with Crippen LogP contribution in [0.15, 0.2) is 65.6 Å². The summed E-state index contributed by atoms with van der Waals surface area (Å²) in [7, 11) is -0.432. The Morgan fingerprint density at radius 2 is 1.76 bits per heavy atom. The predicted molar refractivity (Wildman–Crippen MR) is 190 cm³/mol. The molecule has 50 heavy (non-hydrogen) atoms. The number of aliphatic hydroxyl groups is 1. The fourth-order valence-electron chi connectivity index (χ4n) is 6.14. The number of methoxy groups -OCH3 is 1. The highest BCUT2D eigenvalue weighted by molar-refractivity contribution is 7.92. The number of carbonyl (C=O) groups excluding carboxylic acids is 1. The lowest BCUT2D eigenvalue weighted by Gasteiger charge is -2.36. The number of rotatable bonds is 10. The molecule has 1 amide bonds. The highest BCUT2D eigenvalue weighted by atomic mass is 32.2. The predicted octanol–water partition coefficient (Wildman–Crippen LogP) is 5.15. The molecular weight excluding hydrogens is 662 g/mol. The topological polar surface area (TPSA) is 136 Å². The summed E-state index contributed by atoms with van der Waals surface area (Å²) in [5, 5.41) is 10.3. The van der Waals surface area contributed by atoms with Crippen molar-refractivity contribution in [2.24, 2.45) is 5.92 Å². The van der Waals surface area contributed by atoms with Crippen LogP contribution in [0.4, 0.5) is 5.69 Å². The Morgan fingerprint density at radius 3 is 2.50 bits per heavy atom. The van der Waals surface area contributed by atoms with Crippen LogP contribution in [0.5, 0.6) is 23.0 Å². The van der Waals surface area contributed by atoms with Crippen molar-refractivity contribution in [1.29, 1.82) is 0 Å². The molecule has 3 aromatic rings. The van der Waals surface area contributed by atoms with E-state index in [1.165, 1.54) is 25.3 Å². The van der Waals surface area contributed by atoms with Gasteiger partial charge >= 0.3 is 0 Å². The van der Waals surface area contributed by atoms with E-state index in [0.717, 1.165) is 36.3 Å². The highest BCUT2D eigenvalue weighted by Crippen LogP contribution is 2.33. The second-order valence-electron chi connectivity index (χ2n) is 13.2. The van der Waals surface area contributed by atoms with Gasteiger partial charge in [0.15, 0.2) is 11.5 Å². The third-order valence-corrected chi connectivity index (χ3v) is 10.5. The lowest BCUT2D eigenvalue weighted by Crippen LogP contribution is -2.47. The first-order chi connectivity index (χ1) is 24.0. The van der Waals surface area contributed by atoms with E-state index in [-0.39, 0.29) is 53.6 Å². The van der Waals surface area contributed by atoms with Gasteiger partial charge in [0.1, 0.15) is 11.5 Å². The number of nitrogens with zero attached hydrogens (tertiary/aromatic N) is 2. The molecule has 0 unspecified atom stereocenters. The van der Waals surface area contributed by atoms with Crippen molar-refractivity contribution in [3.63, 3.8) is 0 Å². The second-order valence-corrected chi connectivity index (χ2v) is 14.9. The summed E-state index contributed by atoms with van der Waals surface area (Å²) in [5.74, 6) is 1.87. The maximum Gasteiger partial charge on any atom is 0.261 e. The number of fused-ring (bicyclic) bond motifs is 2. The molecule has 4 atom stereocenters. The minimum Gasteiger partial charge on any atom is -0.497 e. The first kappa shape index (κ1) is 37.2. The van der Waals surface area contributed by atoms with Crippen LogP contribution in [-0.2, 0) is 21.3 Å². The van der Waals surface area contributed by atoms with Crippen molar-refractivity contribution in [3.8, 4) is 23.0 Å². The number of nitrogens with one attached hydrogen (secondary N) is 1. The second kappa shape index (κ2) is 16.8. The molecule has 3 aromatic carbocycles. The summed E-state index contributed by atoms with van der Waals surface area (Å²) in [6.07, 6.45) is 2.03. The number of sulfonamides is 1. The monoisotopic (exact) mass is 711 g/mol. The van der Waals surface area contributed by atoms with E-state index in [4.69, 9.17) is 23.7 Å². The number of amides is 1. The summed E-state index contributed by atoms with van der Waals surface area (Å²) in [6, 6.07) is 16.2. The van der Waals surface area contributed by atoms with Gasteiger partial charge in [0.2, 0.25) is 6.79 Å². The van der Waals surface area contributed by atoms with Crippen molar-refractivity contribution in [2.45, 2.75) is 69.7 Å². The first-order valence-electron chi connectivity index (χ1n) is 17.1. The van der Waals surface area contributed by atoms with Gasteiger partial charge in [-0.05, 0) is 100 Å². The van der Waals surface area contributed by atoms with E-state index in [9.17, 15) is 18.3 Å². The third kappa shape index (κ3) is 9.39. The van der Waals surface area contributed by atoms with Gasteiger partial charge in [0.05, 0.1) is 42.4 Å². The minimum atomic E-state index is -3.98. The number of hydrogen-bond donors (Lipinski definition) is 2. The molecule has 2 N–H and O–H groups in total. The molecule has 0 bridgehead atoms. The normalized spacial score (nSPS) is 20.8. The molecule has 5 rings (SSSR count). The fraction of sp³-hybridized carbons (Fsp3) is 0.486. The van der Waals surface area contributed by atoms with Crippen LogP contribution >= 0.6 is 0 Å². The Morgan fingerprint density at radius 1 is 1.02 bits per heavy atom. The summed E-state index contributed by atoms with van der Waals surface area (Å²) in [5.41, 5.74) is 1.50. The Balaban J connectivity index is 1.40. The van der Waals surface area contributed by atoms with E-state index >= 15 is 0 Å². The van der Waals surface area contributed by atoms with Crippen LogP contribution in [0.2, 0.25) is 0 Å². The summed E-state index contributed by atoms with van der Waals surface area (Å²) >= 11 is 0. The van der Waals surface area contributed by atoms with Crippen molar-refractivity contribution in [3.05, 3.63) is 71.8 Å². The number of carbonyl (C=O) groups is 1. The maximum atomic E-state index is 14.5. The molecule has 0 aliphatic carbocycles. The smallest absolute Gasteiger partial charge is 0.261 e. The van der Waals surface area contributed by atoms with Gasteiger partial charge in [-0.15, -0.1) is 0 Å². The quantitative estimate of drug-likeness (QED) is 0.291. The van der Waals surface area contributed by atoms with Crippen LogP contribution in [0.1, 0.15) is 56.0 Å². The number of likely N-dealkylation sites (N-methyl/N-ethyl adjacent to an activating group) is 1. The number of benzene rings is 3. The fourth-order valence-corrected chi connectivity index (χ4v) is 7.19. The van der Waals surface area contributed by atoms with Gasteiger partial charge in [-0.2, -0.15) is 0 Å². The standard InChI is InChI=1S/C37H49N3O9S/c1-25-20-40(26(2)23-41)37(42)32-19-29(38-50(43,44)31-13-11-30(45-5)12-14-31)10-16-33(32)49-27(3)8-6-7-17-46-36(25)22-39(4)21-28-9-15-34-35(18-28)48-24-47-34/h9-16,18-19,25-27,36,38,41H,6-8,17,20-24H2,1-5H3/t25-,26-,27+,36+/m1/s1. The van der Waals surface area contributed by atoms with Crippen molar-refractivity contribution < 1.29 is 42.0 Å². The van der Waals surface area contributed by atoms with Gasteiger partial charge in [0, 0.05) is 37.8 Å². The number of aliphatic hydroxyl groups excluding tert-OH is 1. The lowest BCUT2D eigenvalue weighted by atomic mass is 10.0. The third-order valence-electron chi connectivity index (χ3n) is 9.05. The molecule has 0 spiro atoms. The van der Waals surface area contributed by atoms with E-state index in [1.54, 1.807) is 36.1 Å². The molecule has 0 fully saturated rings. The molecule has 13 heteroatoms. The van der Waals surface area contributed by atoms with Crippen molar-refractivity contribution in [1.82, 2.24) is 9.80 Å². The Kier molecular flexibility index (Phi) is 12.5. The highest BCUT2D eigenvalue weighted by Gasteiger charge is 2.31. The summed E-state index contributed by atoms with van der Waals surface area (Å²) in [6.45, 7) is 7.88. The zero-order chi connectivity index (χ0) is 35.8. The van der Waals surface area contributed by atoms with Crippen molar-refractivity contribution >= 4 is 21.6 Å². The van der Waals surface area contributed by atoms with E-state index in [0.29, 0.717) is 37.7 Å². The minimum absolute atomic E-state index is 0.0495. The largest absolute Gasteiger partial charge is 0.497 e. The summed E-state index contributed by atoms with van der Waals surface area (Å²) < 4.78 is 58.2. The molecule has 0 saturated heterocycles. The zero-order valence-electron chi connectivity index (χ0n) is 29.5. The molecule has 12 nitrogen and oxygen atoms in total. The molecule has 2 heterocycles. The van der Waals surface area contributed by atoms with E-state index in [1.807, 2.05) is 39.1 Å². The molecule has 2 aliphatic rings. The number of hydrogen-bond acceptors (Lipinski definition) is 10. The average Bonchev–Trinajstić information content (AvgIpc) is 3.57. The molecule has 2 aliphatic heterocycles. The molecule has 0 aromatic heterocycles. The van der Waals surface area contributed by atoms with Gasteiger partial charge in [-0.1, -0.05) is 13.0 Å². The average molecular weight is 712 g/mol. The number of anilines is 1. The Labute approximate surface area is 295 Å². The SMILES string of the molecule is COc1ccc(S(=O)(=O)Nc2ccc3c(c2)C(=O)N([C@H](C)CO)C[C@@H](C)[C@H](CN(C)Cc2ccc4c(c2)OCO4)OCCCC[C@H](C)O3)cc1. The van der Waals surface area contributed by atoms with Gasteiger partial charge in [-0.25, -0.2) is 8.42 Å². The van der Waals surface area contributed by atoms with Crippen LogP contribution in [0, 0.1) is 5.92 Å². The Bertz CT molecular complexity index is 1700. The van der Waals surface area contributed by atoms with E-state index in [2.05, 4.69) is 9.62 Å². The van der Waals surface area contributed by atoms with Crippen molar-refractivity contribution in [2.75, 3.05) is 52.0 Å². The maximum absolute atomic E-state index is 14.5. The molecular formula is C37H49N3O9S. The van der Waals surface area contributed by atoms with Crippen LogP contribution < -0.4 is 23.7 Å². The van der Waals surface area contributed by atoms with Crippen LogP contribution in [-0.4, -0.2) is 94.7 Å². The molecule has 0 saturated carbocycles.